The number of ether oxygens (including phenoxy) is 1. The second kappa shape index (κ2) is 5.89. The molecule has 0 aliphatic heterocycles. The summed E-state index contributed by atoms with van der Waals surface area (Å²) in [4.78, 5) is 11.3. The van der Waals surface area contributed by atoms with Crippen LogP contribution in [-0.4, -0.2) is 17.7 Å². The molecular formula is C15H18O4. The predicted octanol–water partition coefficient (Wildman–Crippen LogP) is 3.69. The summed E-state index contributed by atoms with van der Waals surface area (Å²) >= 11 is 0. The maximum absolute atomic E-state index is 11.3. The molecule has 0 spiro atoms. The Labute approximate surface area is 112 Å². The van der Waals surface area contributed by atoms with Gasteiger partial charge < -0.3 is 14.3 Å². The number of benzene rings is 1. The van der Waals surface area contributed by atoms with E-state index in [9.17, 15) is 9.90 Å². The van der Waals surface area contributed by atoms with Gasteiger partial charge in [0.05, 0.1) is 0 Å². The van der Waals surface area contributed by atoms with Gasteiger partial charge in [-0.2, -0.15) is 0 Å². The first-order valence-electron chi connectivity index (χ1n) is 6.41. The molecule has 0 bridgehead atoms. The smallest absolute Gasteiger partial charge is 0.340 e. The fraction of sp³-hybridized carbons (Fsp3) is 0.400. The van der Waals surface area contributed by atoms with Gasteiger partial charge in [-0.15, -0.1) is 0 Å². The molecule has 0 fully saturated rings. The number of carboxylic acid groups (broad SMARTS) is 1. The lowest BCUT2D eigenvalue weighted by atomic mass is 10.1. The van der Waals surface area contributed by atoms with Crippen LogP contribution >= 0.6 is 0 Å². The van der Waals surface area contributed by atoms with Gasteiger partial charge in [0.1, 0.15) is 23.5 Å². The van der Waals surface area contributed by atoms with Crippen LogP contribution < -0.4 is 0 Å². The number of furan rings is 1. The van der Waals surface area contributed by atoms with Crippen LogP contribution in [0.2, 0.25) is 0 Å². The van der Waals surface area contributed by atoms with Crippen LogP contribution in [0.1, 0.15) is 36.4 Å². The lowest BCUT2D eigenvalue weighted by molar-refractivity contribution is 0.0677. The van der Waals surface area contributed by atoms with Crippen molar-refractivity contribution in [1.29, 1.82) is 0 Å². The van der Waals surface area contributed by atoms with E-state index in [4.69, 9.17) is 9.15 Å². The third-order valence-electron chi connectivity index (χ3n) is 2.95. The summed E-state index contributed by atoms with van der Waals surface area (Å²) < 4.78 is 11.1. The van der Waals surface area contributed by atoms with E-state index in [1.807, 2.05) is 6.07 Å². The van der Waals surface area contributed by atoms with Crippen LogP contribution in [0.15, 0.2) is 28.7 Å². The average molecular weight is 262 g/mol. The monoisotopic (exact) mass is 262 g/mol. The Balaban J connectivity index is 2.17. The van der Waals surface area contributed by atoms with E-state index >= 15 is 0 Å². The Morgan fingerprint density at radius 3 is 2.79 bits per heavy atom. The van der Waals surface area contributed by atoms with Crippen molar-refractivity contribution in [3.8, 4) is 0 Å². The predicted molar refractivity (Wildman–Crippen MR) is 72.3 cm³/mol. The van der Waals surface area contributed by atoms with Crippen molar-refractivity contribution in [1.82, 2.24) is 0 Å². The molecule has 4 nitrogen and oxygen atoms in total. The van der Waals surface area contributed by atoms with E-state index in [1.165, 1.54) is 0 Å². The molecule has 0 saturated carbocycles. The van der Waals surface area contributed by atoms with E-state index in [2.05, 4.69) is 13.8 Å². The molecule has 19 heavy (non-hydrogen) atoms. The van der Waals surface area contributed by atoms with Gasteiger partial charge in [-0.1, -0.05) is 32.0 Å². The van der Waals surface area contributed by atoms with Gasteiger partial charge in [-0.05, 0) is 18.4 Å². The van der Waals surface area contributed by atoms with Crippen LogP contribution in [0.5, 0.6) is 0 Å². The molecule has 1 aromatic carbocycles. The number of para-hydroxylation sites is 1. The fourth-order valence-electron chi connectivity index (χ4n) is 1.92. The summed E-state index contributed by atoms with van der Waals surface area (Å²) in [5, 5.41) is 9.90. The van der Waals surface area contributed by atoms with Crippen molar-refractivity contribution < 1.29 is 19.1 Å². The molecule has 1 heterocycles. The summed E-state index contributed by atoms with van der Waals surface area (Å²) in [6.45, 7) is 5.04. The molecule has 2 rings (SSSR count). The molecule has 2 aromatic rings. The Kier molecular flexibility index (Phi) is 4.22. The lowest BCUT2D eigenvalue weighted by Crippen LogP contribution is -2.03. The number of carbonyl (C=O) groups is 1. The SMILES string of the molecule is CC(C)CCOCc1oc2ccccc2c1C(=O)O. The quantitative estimate of drug-likeness (QED) is 0.806. The Morgan fingerprint density at radius 2 is 2.11 bits per heavy atom. The minimum Gasteiger partial charge on any atom is -0.478 e. The van der Waals surface area contributed by atoms with Crippen LogP contribution in [0.4, 0.5) is 0 Å². The van der Waals surface area contributed by atoms with Gasteiger partial charge in [0.25, 0.3) is 0 Å². The number of carboxylic acids is 1. The van der Waals surface area contributed by atoms with Gasteiger partial charge >= 0.3 is 5.97 Å². The zero-order valence-electron chi connectivity index (χ0n) is 11.2. The molecule has 0 aliphatic carbocycles. The molecule has 1 aromatic heterocycles. The maximum atomic E-state index is 11.3. The van der Waals surface area contributed by atoms with Crippen LogP contribution in [0.3, 0.4) is 0 Å². The highest BCUT2D eigenvalue weighted by Crippen LogP contribution is 2.26. The number of aromatic carboxylic acids is 1. The first kappa shape index (κ1) is 13.6. The number of hydrogen-bond donors (Lipinski definition) is 1. The van der Waals surface area contributed by atoms with E-state index in [-0.39, 0.29) is 12.2 Å². The summed E-state index contributed by atoms with van der Waals surface area (Å²) in [6.07, 6.45) is 0.947. The Morgan fingerprint density at radius 1 is 1.37 bits per heavy atom. The highest BCUT2D eigenvalue weighted by atomic mass is 16.5. The molecule has 0 amide bonds. The van der Waals surface area contributed by atoms with Crippen molar-refractivity contribution >= 4 is 16.9 Å². The molecule has 0 atom stereocenters. The normalized spacial score (nSPS) is 11.3. The molecule has 0 saturated heterocycles. The first-order chi connectivity index (χ1) is 9.09. The zero-order valence-corrected chi connectivity index (χ0v) is 11.2. The Hall–Kier alpha value is -1.81. The second-order valence-corrected chi connectivity index (χ2v) is 4.94. The van der Waals surface area contributed by atoms with Crippen molar-refractivity contribution in [3.63, 3.8) is 0 Å². The number of rotatable bonds is 6. The van der Waals surface area contributed by atoms with Gasteiger partial charge in [0, 0.05) is 12.0 Å². The molecule has 0 unspecified atom stereocenters. The van der Waals surface area contributed by atoms with Crippen molar-refractivity contribution in [2.45, 2.75) is 26.9 Å². The van der Waals surface area contributed by atoms with E-state index < -0.39 is 5.97 Å². The lowest BCUT2D eigenvalue weighted by Gasteiger charge is -2.05. The molecule has 102 valence electrons. The maximum Gasteiger partial charge on any atom is 0.340 e. The zero-order chi connectivity index (χ0) is 13.8. The van der Waals surface area contributed by atoms with E-state index in [0.29, 0.717) is 29.3 Å². The summed E-state index contributed by atoms with van der Waals surface area (Å²) in [7, 11) is 0. The second-order valence-electron chi connectivity index (χ2n) is 4.94. The Bertz CT molecular complexity index is 569. The summed E-state index contributed by atoms with van der Waals surface area (Å²) in [6, 6.07) is 7.13. The van der Waals surface area contributed by atoms with Gasteiger partial charge in [-0.25, -0.2) is 4.79 Å². The van der Waals surface area contributed by atoms with Crippen LogP contribution in [0.25, 0.3) is 11.0 Å². The molecule has 1 N–H and O–H groups in total. The van der Waals surface area contributed by atoms with Crippen LogP contribution in [0, 0.1) is 5.92 Å². The van der Waals surface area contributed by atoms with Gasteiger partial charge in [0.15, 0.2) is 0 Å². The minimum absolute atomic E-state index is 0.197. The summed E-state index contributed by atoms with van der Waals surface area (Å²) in [5.74, 6) is -0.0283. The topological polar surface area (TPSA) is 59.7 Å². The largest absolute Gasteiger partial charge is 0.478 e. The van der Waals surface area contributed by atoms with Gasteiger partial charge in [0.2, 0.25) is 0 Å². The molecule has 4 heteroatoms. The average Bonchev–Trinajstić information content (AvgIpc) is 2.72. The number of hydrogen-bond acceptors (Lipinski definition) is 3. The van der Waals surface area contributed by atoms with E-state index in [1.54, 1.807) is 18.2 Å². The molecular weight excluding hydrogens is 244 g/mol. The highest BCUT2D eigenvalue weighted by Gasteiger charge is 2.19. The minimum atomic E-state index is -0.979. The highest BCUT2D eigenvalue weighted by molar-refractivity contribution is 6.03. The first-order valence-corrected chi connectivity index (χ1v) is 6.41. The standard InChI is InChI=1S/C15H18O4/c1-10(2)7-8-18-9-13-14(15(16)17)11-5-3-4-6-12(11)19-13/h3-6,10H,7-9H2,1-2H3,(H,16,17). The number of fused-ring (bicyclic) bond motifs is 1. The van der Waals surface area contributed by atoms with E-state index in [0.717, 1.165) is 6.42 Å². The fourth-order valence-corrected chi connectivity index (χ4v) is 1.92. The molecule has 0 aliphatic rings. The third-order valence-corrected chi connectivity index (χ3v) is 2.95. The van der Waals surface area contributed by atoms with Gasteiger partial charge in [-0.3, -0.25) is 0 Å². The van der Waals surface area contributed by atoms with Crippen LogP contribution in [-0.2, 0) is 11.3 Å². The molecule has 0 radical (unpaired) electrons. The van der Waals surface area contributed by atoms with Crippen molar-refractivity contribution in [2.24, 2.45) is 5.92 Å². The summed E-state index contributed by atoms with van der Waals surface area (Å²) in [5.41, 5.74) is 0.794. The van der Waals surface area contributed by atoms with Crippen molar-refractivity contribution in [2.75, 3.05) is 6.61 Å². The van der Waals surface area contributed by atoms with Crippen molar-refractivity contribution in [3.05, 3.63) is 35.6 Å². The third kappa shape index (κ3) is 3.15.